The maximum Gasteiger partial charge on any atom is 0.308 e. The average molecular weight is 333 g/mol. The van der Waals surface area contributed by atoms with E-state index in [-0.39, 0.29) is 24.1 Å². The minimum absolute atomic E-state index is 0.0969. The Kier molecular flexibility index (Phi) is 4.24. The molecule has 5 nitrogen and oxygen atoms in total. The van der Waals surface area contributed by atoms with Gasteiger partial charge in [-0.05, 0) is 57.2 Å². The summed E-state index contributed by atoms with van der Waals surface area (Å²) in [6.07, 6.45) is 2.00. The third-order valence-electron chi connectivity index (χ3n) is 5.19. The predicted molar refractivity (Wildman–Crippen MR) is 92.2 cm³/mol. The van der Waals surface area contributed by atoms with E-state index in [9.17, 15) is 9.90 Å². The summed E-state index contributed by atoms with van der Waals surface area (Å²) < 4.78 is 11.6. The third kappa shape index (κ3) is 3.09. The molecular formula is C19H27NO4. The van der Waals surface area contributed by atoms with E-state index in [4.69, 9.17) is 15.2 Å². The zero-order chi connectivity index (χ0) is 17.6. The van der Waals surface area contributed by atoms with Crippen LogP contribution in [0.15, 0.2) is 0 Å². The molecule has 0 amide bonds. The third-order valence-corrected chi connectivity index (χ3v) is 5.19. The molecule has 2 heterocycles. The van der Waals surface area contributed by atoms with E-state index in [1.165, 1.54) is 5.56 Å². The number of fused-ring (bicyclic) bond motifs is 1. The van der Waals surface area contributed by atoms with Crippen LogP contribution in [-0.4, -0.2) is 28.9 Å². The highest BCUT2D eigenvalue weighted by atomic mass is 16.5. The number of anilines is 1. The first-order valence-corrected chi connectivity index (χ1v) is 8.65. The standard InChI is InChI=1S/C19H27NO4/c1-10-14(6-5-13-7-12(21)8-16(22)23-13)18-15(11(2)17(10)20)9-19(3,4)24-18/h12-13,21H,5-9,20H2,1-4H3. The Morgan fingerprint density at radius 3 is 2.67 bits per heavy atom. The molecule has 0 spiro atoms. The number of carbonyl (C=O) groups is 1. The molecule has 2 aliphatic rings. The van der Waals surface area contributed by atoms with Crippen molar-refractivity contribution in [2.24, 2.45) is 0 Å². The summed E-state index contributed by atoms with van der Waals surface area (Å²) in [5.74, 6) is 0.633. The van der Waals surface area contributed by atoms with Crippen molar-refractivity contribution in [3.05, 3.63) is 22.3 Å². The van der Waals surface area contributed by atoms with Crippen molar-refractivity contribution < 1.29 is 19.4 Å². The average Bonchev–Trinajstić information content (AvgIpc) is 2.79. The van der Waals surface area contributed by atoms with Gasteiger partial charge in [-0.2, -0.15) is 0 Å². The molecule has 2 aliphatic heterocycles. The highest BCUT2D eigenvalue weighted by Gasteiger charge is 2.35. The van der Waals surface area contributed by atoms with Crippen molar-refractivity contribution >= 4 is 11.7 Å². The molecular weight excluding hydrogens is 306 g/mol. The summed E-state index contributed by atoms with van der Waals surface area (Å²) in [6, 6.07) is 0. The van der Waals surface area contributed by atoms with Gasteiger partial charge in [0.2, 0.25) is 0 Å². The van der Waals surface area contributed by atoms with Crippen LogP contribution in [-0.2, 0) is 22.4 Å². The molecule has 1 aromatic rings. The van der Waals surface area contributed by atoms with E-state index < -0.39 is 6.10 Å². The van der Waals surface area contributed by atoms with Gasteiger partial charge in [0.05, 0.1) is 12.5 Å². The molecule has 1 aromatic carbocycles. The molecule has 0 radical (unpaired) electrons. The largest absolute Gasteiger partial charge is 0.487 e. The van der Waals surface area contributed by atoms with Gasteiger partial charge >= 0.3 is 5.97 Å². The van der Waals surface area contributed by atoms with E-state index in [1.807, 2.05) is 6.92 Å². The van der Waals surface area contributed by atoms with Crippen LogP contribution in [0.3, 0.4) is 0 Å². The number of esters is 1. The molecule has 0 saturated carbocycles. The van der Waals surface area contributed by atoms with Crippen molar-refractivity contribution in [3.63, 3.8) is 0 Å². The van der Waals surface area contributed by atoms with E-state index in [0.717, 1.165) is 41.0 Å². The van der Waals surface area contributed by atoms with Gasteiger partial charge in [-0.1, -0.05) is 0 Å². The first kappa shape index (κ1) is 17.1. The van der Waals surface area contributed by atoms with Crippen molar-refractivity contribution in [3.8, 4) is 5.75 Å². The molecule has 1 saturated heterocycles. The van der Waals surface area contributed by atoms with Crippen molar-refractivity contribution in [2.75, 3.05) is 5.73 Å². The van der Waals surface area contributed by atoms with Gasteiger partial charge in [0, 0.05) is 24.1 Å². The second kappa shape index (κ2) is 5.96. The minimum Gasteiger partial charge on any atom is -0.487 e. The fourth-order valence-corrected chi connectivity index (χ4v) is 3.85. The van der Waals surface area contributed by atoms with E-state index in [1.54, 1.807) is 0 Å². The number of hydrogen-bond donors (Lipinski definition) is 2. The van der Waals surface area contributed by atoms with Crippen LogP contribution in [0.5, 0.6) is 5.75 Å². The Morgan fingerprint density at radius 1 is 1.29 bits per heavy atom. The second-order valence-electron chi connectivity index (χ2n) is 7.73. The van der Waals surface area contributed by atoms with Gasteiger partial charge < -0.3 is 20.3 Å². The number of hydrogen-bond acceptors (Lipinski definition) is 5. The SMILES string of the molecule is Cc1c(N)c(C)c2c(c1CCC1CC(O)CC(=O)O1)OC(C)(C)C2. The summed E-state index contributed by atoms with van der Waals surface area (Å²) in [5.41, 5.74) is 11.4. The van der Waals surface area contributed by atoms with Crippen LogP contribution in [0.25, 0.3) is 0 Å². The van der Waals surface area contributed by atoms with E-state index in [0.29, 0.717) is 12.8 Å². The lowest BCUT2D eigenvalue weighted by molar-refractivity contribution is -0.160. The number of rotatable bonds is 3. The number of benzene rings is 1. The summed E-state index contributed by atoms with van der Waals surface area (Å²) >= 11 is 0. The number of aliphatic hydroxyl groups is 1. The molecule has 24 heavy (non-hydrogen) atoms. The first-order chi connectivity index (χ1) is 11.2. The Labute approximate surface area is 143 Å². The lowest BCUT2D eigenvalue weighted by Gasteiger charge is -2.26. The predicted octanol–water partition coefficient (Wildman–Crippen LogP) is 2.60. The molecule has 0 aromatic heterocycles. The molecule has 3 N–H and O–H groups in total. The van der Waals surface area contributed by atoms with Crippen LogP contribution in [0.2, 0.25) is 0 Å². The lowest BCUT2D eigenvalue weighted by atomic mass is 9.89. The van der Waals surface area contributed by atoms with Crippen molar-refractivity contribution in [1.82, 2.24) is 0 Å². The van der Waals surface area contributed by atoms with Gasteiger partial charge in [0.15, 0.2) is 0 Å². The molecule has 0 bridgehead atoms. The number of nitrogens with two attached hydrogens (primary N) is 1. The molecule has 132 valence electrons. The van der Waals surface area contributed by atoms with E-state index >= 15 is 0 Å². The topological polar surface area (TPSA) is 81.8 Å². The van der Waals surface area contributed by atoms with Gasteiger partial charge in [-0.3, -0.25) is 4.79 Å². The fraction of sp³-hybridized carbons (Fsp3) is 0.632. The van der Waals surface area contributed by atoms with Gasteiger partial charge in [-0.25, -0.2) is 0 Å². The maximum absolute atomic E-state index is 11.5. The van der Waals surface area contributed by atoms with E-state index in [2.05, 4.69) is 20.8 Å². The Balaban J connectivity index is 1.85. The summed E-state index contributed by atoms with van der Waals surface area (Å²) in [5, 5.41) is 9.76. The first-order valence-electron chi connectivity index (χ1n) is 8.65. The monoisotopic (exact) mass is 333 g/mol. The van der Waals surface area contributed by atoms with Crippen LogP contribution < -0.4 is 10.5 Å². The second-order valence-corrected chi connectivity index (χ2v) is 7.73. The highest BCUT2D eigenvalue weighted by Crippen LogP contribution is 2.44. The summed E-state index contributed by atoms with van der Waals surface area (Å²) in [7, 11) is 0. The number of cyclic esters (lactones) is 1. The number of carbonyl (C=O) groups excluding carboxylic acids is 1. The fourth-order valence-electron chi connectivity index (χ4n) is 3.85. The number of ether oxygens (including phenoxy) is 2. The van der Waals surface area contributed by atoms with Gasteiger partial charge in [-0.15, -0.1) is 0 Å². The molecule has 0 aliphatic carbocycles. The van der Waals surface area contributed by atoms with Crippen LogP contribution in [0, 0.1) is 13.8 Å². The lowest BCUT2D eigenvalue weighted by Crippen LogP contribution is -2.32. The van der Waals surface area contributed by atoms with Gasteiger partial charge in [0.25, 0.3) is 0 Å². The normalized spacial score (nSPS) is 25.1. The molecule has 2 atom stereocenters. The molecule has 3 rings (SSSR count). The van der Waals surface area contributed by atoms with Crippen LogP contribution in [0.4, 0.5) is 5.69 Å². The quantitative estimate of drug-likeness (QED) is 0.656. The Bertz CT molecular complexity index is 681. The van der Waals surface area contributed by atoms with Crippen molar-refractivity contribution in [2.45, 2.75) is 77.6 Å². The Hall–Kier alpha value is -1.75. The maximum atomic E-state index is 11.5. The zero-order valence-electron chi connectivity index (χ0n) is 14.9. The highest BCUT2D eigenvalue weighted by molar-refractivity contribution is 5.71. The molecule has 1 fully saturated rings. The van der Waals surface area contributed by atoms with Crippen LogP contribution in [0.1, 0.15) is 55.4 Å². The summed E-state index contributed by atoms with van der Waals surface area (Å²) in [4.78, 5) is 11.5. The molecule has 2 unspecified atom stereocenters. The van der Waals surface area contributed by atoms with Crippen LogP contribution >= 0.6 is 0 Å². The zero-order valence-corrected chi connectivity index (χ0v) is 14.9. The molecule has 5 heteroatoms. The number of aliphatic hydroxyl groups excluding tert-OH is 1. The Morgan fingerprint density at radius 2 is 2.00 bits per heavy atom. The minimum atomic E-state index is -0.596. The smallest absolute Gasteiger partial charge is 0.308 e. The van der Waals surface area contributed by atoms with Gasteiger partial charge in [0.1, 0.15) is 17.5 Å². The number of nitrogen functional groups attached to an aromatic ring is 1. The van der Waals surface area contributed by atoms with Crippen molar-refractivity contribution in [1.29, 1.82) is 0 Å². The summed E-state index contributed by atoms with van der Waals surface area (Å²) in [6.45, 7) is 8.24.